The summed E-state index contributed by atoms with van der Waals surface area (Å²) in [4.78, 5) is 18.1. The summed E-state index contributed by atoms with van der Waals surface area (Å²) >= 11 is 12.2. The molecular weight excluding hydrogens is 509 g/mol. The van der Waals surface area contributed by atoms with E-state index in [1.54, 1.807) is 43.7 Å². The number of hydrogen-bond acceptors (Lipinski definition) is 5. The van der Waals surface area contributed by atoms with Crippen LogP contribution in [0.4, 0.5) is 0 Å². The Morgan fingerprint density at radius 1 is 0.919 bits per heavy atom. The molecule has 8 heteroatoms. The largest absolute Gasteiger partial charge is 0.493 e. The standard InChI is InChI=1S/C29H21Cl2N3O3/c1-36-27-15-19(11-14-26(27)37-18-21-12-13-22(30)16-24(21)31)17-32-34-28(20-7-3-2-4-8-20)33-25-10-6-5-9-23(25)29(34)35/h2-17H,18H2,1H3. The van der Waals surface area contributed by atoms with Gasteiger partial charge in [-0.1, -0.05) is 71.7 Å². The van der Waals surface area contributed by atoms with Gasteiger partial charge in [-0.15, -0.1) is 0 Å². The molecule has 5 rings (SSSR count). The van der Waals surface area contributed by atoms with Crippen molar-refractivity contribution in [2.45, 2.75) is 6.61 Å². The molecule has 6 nitrogen and oxygen atoms in total. The SMILES string of the molecule is COc1cc(C=Nn2c(-c3ccccc3)nc3ccccc3c2=O)ccc1OCc1ccc(Cl)cc1Cl. The van der Waals surface area contributed by atoms with E-state index >= 15 is 0 Å². The third-order valence-electron chi connectivity index (χ3n) is 5.69. The van der Waals surface area contributed by atoms with Gasteiger partial charge in [0.15, 0.2) is 17.3 Å². The second-order valence-corrected chi connectivity index (χ2v) is 8.96. The molecule has 1 aromatic heterocycles. The zero-order valence-electron chi connectivity index (χ0n) is 19.8. The maximum absolute atomic E-state index is 13.3. The number of para-hydroxylation sites is 1. The molecule has 184 valence electrons. The average Bonchev–Trinajstić information content (AvgIpc) is 2.92. The topological polar surface area (TPSA) is 65.7 Å². The summed E-state index contributed by atoms with van der Waals surface area (Å²) in [5, 5.41) is 6.09. The van der Waals surface area contributed by atoms with Gasteiger partial charge in [0.05, 0.1) is 24.2 Å². The normalized spacial score (nSPS) is 11.2. The van der Waals surface area contributed by atoms with Crippen LogP contribution in [-0.2, 0) is 6.61 Å². The van der Waals surface area contributed by atoms with Gasteiger partial charge in [0.2, 0.25) is 0 Å². The van der Waals surface area contributed by atoms with Crippen molar-refractivity contribution in [1.29, 1.82) is 0 Å². The molecule has 0 N–H and O–H groups in total. The maximum atomic E-state index is 13.3. The Morgan fingerprint density at radius 3 is 2.49 bits per heavy atom. The van der Waals surface area contributed by atoms with Crippen LogP contribution in [0.25, 0.3) is 22.3 Å². The molecule has 0 aliphatic carbocycles. The highest BCUT2D eigenvalue weighted by atomic mass is 35.5. The van der Waals surface area contributed by atoms with Gasteiger partial charge in [-0.25, -0.2) is 4.98 Å². The van der Waals surface area contributed by atoms with Crippen molar-refractivity contribution in [2.24, 2.45) is 5.10 Å². The van der Waals surface area contributed by atoms with E-state index in [9.17, 15) is 4.79 Å². The molecule has 0 atom stereocenters. The van der Waals surface area contributed by atoms with Crippen LogP contribution in [0, 0.1) is 0 Å². The van der Waals surface area contributed by atoms with E-state index < -0.39 is 0 Å². The molecule has 0 amide bonds. The molecule has 37 heavy (non-hydrogen) atoms. The van der Waals surface area contributed by atoms with Crippen LogP contribution < -0.4 is 15.0 Å². The Kier molecular flexibility index (Phi) is 7.21. The molecule has 0 radical (unpaired) electrons. The van der Waals surface area contributed by atoms with Crippen LogP contribution in [0.1, 0.15) is 11.1 Å². The number of nitrogens with zero attached hydrogens (tertiary/aromatic N) is 3. The fourth-order valence-corrected chi connectivity index (χ4v) is 4.27. The minimum absolute atomic E-state index is 0.248. The number of fused-ring (bicyclic) bond motifs is 1. The van der Waals surface area contributed by atoms with Crippen LogP contribution in [0.5, 0.6) is 11.5 Å². The number of halogens is 2. The summed E-state index contributed by atoms with van der Waals surface area (Å²) in [6.45, 7) is 0.248. The van der Waals surface area contributed by atoms with Gasteiger partial charge in [0.1, 0.15) is 6.61 Å². The minimum Gasteiger partial charge on any atom is -0.493 e. The molecule has 0 aliphatic rings. The van der Waals surface area contributed by atoms with Crippen molar-refractivity contribution in [1.82, 2.24) is 9.66 Å². The second kappa shape index (κ2) is 10.9. The Labute approximate surface area is 223 Å². The van der Waals surface area contributed by atoms with Crippen molar-refractivity contribution in [3.63, 3.8) is 0 Å². The highest BCUT2D eigenvalue weighted by molar-refractivity contribution is 6.35. The highest BCUT2D eigenvalue weighted by Gasteiger charge is 2.13. The molecule has 0 aliphatic heterocycles. The number of benzene rings is 4. The molecule has 0 bridgehead atoms. The van der Waals surface area contributed by atoms with E-state index in [1.807, 2.05) is 60.7 Å². The van der Waals surface area contributed by atoms with Gasteiger partial charge in [0, 0.05) is 21.2 Å². The first-order valence-corrected chi connectivity index (χ1v) is 12.2. The lowest BCUT2D eigenvalue weighted by molar-refractivity contribution is 0.284. The maximum Gasteiger partial charge on any atom is 0.282 e. The van der Waals surface area contributed by atoms with E-state index in [2.05, 4.69) is 5.10 Å². The van der Waals surface area contributed by atoms with Crippen LogP contribution in [0.2, 0.25) is 10.0 Å². The smallest absolute Gasteiger partial charge is 0.282 e. The van der Waals surface area contributed by atoms with Crippen molar-refractivity contribution < 1.29 is 9.47 Å². The predicted octanol–water partition coefficient (Wildman–Crippen LogP) is 6.84. The number of methoxy groups -OCH3 is 1. The number of hydrogen-bond donors (Lipinski definition) is 0. The quantitative estimate of drug-likeness (QED) is 0.216. The van der Waals surface area contributed by atoms with Crippen LogP contribution in [-0.4, -0.2) is 23.0 Å². The monoisotopic (exact) mass is 529 g/mol. The van der Waals surface area contributed by atoms with Gasteiger partial charge in [0.25, 0.3) is 5.56 Å². The Bertz CT molecular complexity index is 1670. The van der Waals surface area contributed by atoms with E-state index in [0.717, 1.165) is 11.1 Å². The lowest BCUT2D eigenvalue weighted by Gasteiger charge is -2.12. The Balaban J connectivity index is 1.47. The lowest BCUT2D eigenvalue weighted by atomic mass is 10.2. The molecule has 0 spiro atoms. The third-order valence-corrected chi connectivity index (χ3v) is 6.28. The van der Waals surface area contributed by atoms with Crippen molar-refractivity contribution in [2.75, 3.05) is 7.11 Å². The molecular formula is C29H21Cl2N3O3. The molecule has 0 fully saturated rings. The van der Waals surface area contributed by atoms with Crippen LogP contribution >= 0.6 is 23.2 Å². The summed E-state index contributed by atoms with van der Waals surface area (Å²) < 4.78 is 12.8. The van der Waals surface area contributed by atoms with E-state index in [-0.39, 0.29) is 12.2 Å². The van der Waals surface area contributed by atoms with Gasteiger partial charge >= 0.3 is 0 Å². The fourth-order valence-electron chi connectivity index (χ4n) is 3.81. The predicted molar refractivity (Wildman–Crippen MR) is 148 cm³/mol. The molecule has 0 saturated heterocycles. The Hall–Kier alpha value is -4.13. The van der Waals surface area contributed by atoms with Gasteiger partial charge in [-0.3, -0.25) is 4.79 Å². The minimum atomic E-state index is -0.257. The lowest BCUT2D eigenvalue weighted by Crippen LogP contribution is -2.20. The zero-order valence-corrected chi connectivity index (χ0v) is 21.3. The fraction of sp³-hybridized carbons (Fsp3) is 0.0690. The summed E-state index contributed by atoms with van der Waals surface area (Å²) in [6, 6.07) is 27.3. The first-order valence-electron chi connectivity index (χ1n) is 11.4. The third kappa shape index (κ3) is 5.35. The van der Waals surface area contributed by atoms with Crippen molar-refractivity contribution in [3.05, 3.63) is 123 Å². The molecule has 5 aromatic rings. The number of aromatic nitrogens is 2. The highest BCUT2D eigenvalue weighted by Crippen LogP contribution is 2.30. The van der Waals surface area contributed by atoms with E-state index in [1.165, 1.54) is 4.68 Å². The number of rotatable bonds is 7. The van der Waals surface area contributed by atoms with Crippen LogP contribution in [0.15, 0.2) is 101 Å². The summed E-state index contributed by atoms with van der Waals surface area (Å²) in [5.74, 6) is 1.51. The second-order valence-electron chi connectivity index (χ2n) is 8.11. The molecule has 0 unspecified atom stereocenters. The molecule has 1 heterocycles. The van der Waals surface area contributed by atoms with Crippen molar-refractivity contribution in [3.8, 4) is 22.9 Å². The van der Waals surface area contributed by atoms with Crippen LogP contribution in [0.3, 0.4) is 0 Å². The van der Waals surface area contributed by atoms with Gasteiger partial charge in [-0.2, -0.15) is 9.78 Å². The molecule has 0 saturated carbocycles. The summed E-state index contributed by atoms with van der Waals surface area (Å²) in [6.07, 6.45) is 1.59. The average molecular weight is 530 g/mol. The van der Waals surface area contributed by atoms with Gasteiger partial charge < -0.3 is 9.47 Å². The van der Waals surface area contributed by atoms with E-state index in [4.69, 9.17) is 37.7 Å². The molecule has 4 aromatic carbocycles. The Morgan fingerprint density at radius 2 is 1.70 bits per heavy atom. The van der Waals surface area contributed by atoms with Gasteiger partial charge in [-0.05, 0) is 48.0 Å². The first-order chi connectivity index (χ1) is 18.0. The summed E-state index contributed by atoms with van der Waals surface area (Å²) in [7, 11) is 1.56. The van der Waals surface area contributed by atoms with Crippen molar-refractivity contribution >= 4 is 40.3 Å². The van der Waals surface area contributed by atoms with E-state index in [0.29, 0.717) is 43.8 Å². The first kappa shape index (κ1) is 24.6. The summed E-state index contributed by atoms with van der Waals surface area (Å²) in [5.41, 5.74) is 2.65. The zero-order chi connectivity index (χ0) is 25.8. The number of ether oxygens (including phenoxy) is 2.